The minimum absolute atomic E-state index is 0.248. The van der Waals surface area contributed by atoms with Crippen molar-refractivity contribution in [2.24, 2.45) is 17.8 Å². The highest BCUT2D eigenvalue weighted by atomic mass is 19.1. The number of allylic oxidation sites excluding steroid dienone is 4. The van der Waals surface area contributed by atoms with Crippen molar-refractivity contribution in [3.8, 4) is 11.8 Å². The van der Waals surface area contributed by atoms with E-state index in [1.165, 1.54) is 38.2 Å². The molecule has 0 spiro atoms. The van der Waals surface area contributed by atoms with Gasteiger partial charge in [-0.3, -0.25) is 0 Å². The van der Waals surface area contributed by atoms with Crippen LogP contribution in [-0.2, 0) is 6.42 Å². The number of hydrogen-bond donors (Lipinski definition) is 0. The molecule has 34 heavy (non-hydrogen) atoms. The zero-order valence-corrected chi connectivity index (χ0v) is 20.5. The molecule has 4 rings (SSSR count). The Labute approximate surface area is 204 Å². The number of halogens is 2. The minimum atomic E-state index is -0.271. The predicted molar refractivity (Wildman–Crippen MR) is 138 cm³/mol. The van der Waals surface area contributed by atoms with E-state index < -0.39 is 0 Å². The molecule has 178 valence electrons. The molecule has 0 nitrogen and oxygen atoms in total. The van der Waals surface area contributed by atoms with Gasteiger partial charge >= 0.3 is 0 Å². The summed E-state index contributed by atoms with van der Waals surface area (Å²) in [6.45, 7) is 4.08. The average Bonchev–Trinajstić information content (AvgIpc) is 2.84. The van der Waals surface area contributed by atoms with Crippen LogP contribution in [0.2, 0.25) is 0 Å². The minimum Gasteiger partial charge on any atom is -0.207 e. The quantitative estimate of drug-likeness (QED) is 0.310. The molecule has 2 aromatic rings. The molecular weight excluding hydrogens is 422 g/mol. The van der Waals surface area contributed by atoms with Crippen molar-refractivity contribution in [2.75, 3.05) is 0 Å². The number of fused-ring (bicyclic) bond motifs is 1. The maximum Gasteiger partial charge on any atom is 0.139 e. The van der Waals surface area contributed by atoms with Crippen molar-refractivity contribution >= 4 is 0 Å². The normalized spacial score (nSPS) is 24.7. The van der Waals surface area contributed by atoms with Gasteiger partial charge in [-0.15, -0.1) is 0 Å². The third-order valence-corrected chi connectivity index (χ3v) is 7.79. The summed E-state index contributed by atoms with van der Waals surface area (Å²) >= 11 is 0. The van der Waals surface area contributed by atoms with Crippen LogP contribution in [0.15, 0.2) is 60.7 Å². The van der Waals surface area contributed by atoms with Gasteiger partial charge in [0.1, 0.15) is 11.6 Å². The highest BCUT2D eigenvalue weighted by Gasteiger charge is 2.35. The van der Waals surface area contributed by atoms with Gasteiger partial charge in [-0.25, -0.2) is 8.78 Å². The molecule has 4 atom stereocenters. The van der Waals surface area contributed by atoms with Crippen molar-refractivity contribution in [3.63, 3.8) is 0 Å². The van der Waals surface area contributed by atoms with Crippen LogP contribution >= 0.6 is 0 Å². The summed E-state index contributed by atoms with van der Waals surface area (Å²) in [4.78, 5) is 0. The highest BCUT2D eigenvalue weighted by molar-refractivity contribution is 5.45. The first-order valence-corrected chi connectivity index (χ1v) is 12.9. The predicted octanol–water partition coefficient (Wildman–Crippen LogP) is 8.75. The lowest BCUT2D eigenvalue weighted by molar-refractivity contribution is 0.133. The first-order valence-electron chi connectivity index (χ1n) is 12.9. The molecule has 0 aliphatic heterocycles. The molecule has 0 amide bonds. The molecule has 4 unspecified atom stereocenters. The summed E-state index contributed by atoms with van der Waals surface area (Å²) in [6, 6.07) is 10.6. The van der Waals surface area contributed by atoms with E-state index in [2.05, 4.69) is 37.0 Å². The highest BCUT2D eigenvalue weighted by Crippen LogP contribution is 2.47. The summed E-state index contributed by atoms with van der Waals surface area (Å²) < 4.78 is 29.3. The van der Waals surface area contributed by atoms with Crippen LogP contribution in [0.5, 0.6) is 0 Å². The fourth-order valence-electron chi connectivity index (χ4n) is 5.93. The van der Waals surface area contributed by atoms with Gasteiger partial charge in [-0.1, -0.05) is 48.3 Å². The van der Waals surface area contributed by atoms with Crippen LogP contribution in [0.25, 0.3) is 0 Å². The Morgan fingerprint density at radius 3 is 2.44 bits per heavy atom. The number of benzene rings is 2. The van der Waals surface area contributed by atoms with Crippen molar-refractivity contribution in [3.05, 3.63) is 94.6 Å². The largest absolute Gasteiger partial charge is 0.207 e. The van der Waals surface area contributed by atoms with Gasteiger partial charge in [-0.2, -0.15) is 0 Å². The molecule has 2 heteroatoms. The van der Waals surface area contributed by atoms with E-state index in [0.29, 0.717) is 29.0 Å². The third kappa shape index (κ3) is 6.06. The van der Waals surface area contributed by atoms with E-state index >= 15 is 0 Å². The van der Waals surface area contributed by atoms with Gasteiger partial charge in [0, 0.05) is 5.56 Å². The van der Waals surface area contributed by atoms with E-state index in [9.17, 15) is 8.78 Å². The maximum absolute atomic E-state index is 14.9. The lowest BCUT2D eigenvalue weighted by Crippen LogP contribution is -2.30. The summed E-state index contributed by atoms with van der Waals surface area (Å²) in [5.41, 5.74) is 2.74. The third-order valence-electron chi connectivity index (χ3n) is 7.79. The molecular formula is C32H36F2. The fourth-order valence-corrected chi connectivity index (χ4v) is 5.93. The van der Waals surface area contributed by atoms with Crippen molar-refractivity contribution in [2.45, 2.75) is 71.1 Å². The van der Waals surface area contributed by atoms with Gasteiger partial charge in [0.2, 0.25) is 0 Å². The Kier molecular flexibility index (Phi) is 8.39. The summed E-state index contributed by atoms with van der Waals surface area (Å²) in [5, 5.41) is 0. The molecule has 0 heterocycles. The van der Waals surface area contributed by atoms with Gasteiger partial charge in [-0.05, 0) is 124 Å². The first-order chi connectivity index (χ1) is 16.6. The number of rotatable bonds is 5. The summed E-state index contributed by atoms with van der Waals surface area (Å²) in [7, 11) is 0. The van der Waals surface area contributed by atoms with Crippen LogP contribution < -0.4 is 0 Å². The second kappa shape index (κ2) is 11.7. The van der Waals surface area contributed by atoms with E-state index in [4.69, 9.17) is 0 Å². The van der Waals surface area contributed by atoms with Crippen LogP contribution in [-0.4, -0.2) is 0 Å². The Morgan fingerprint density at radius 2 is 1.68 bits per heavy atom. The molecule has 2 fully saturated rings. The Balaban J connectivity index is 1.40. The molecule has 2 aromatic carbocycles. The molecule has 2 aliphatic rings. The second-order valence-electron chi connectivity index (χ2n) is 10.0. The molecule has 0 radical (unpaired) electrons. The standard InChI is InChI=1S/C32H36F2/c1-3-5-6-8-25-12-9-24(20-31(25)33)10-13-26-15-16-30(22-32(26)34)29-18-17-27-19-23(7-4-2)11-14-28(27)21-29/h3-5,7,9,12,15-16,20,22-23,27-29H,6,8,11,14,17-19,21H2,1-2H3/b5-3+,7-4+. The maximum atomic E-state index is 14.9. The molecule has 0 N–H and O–H groups in total. The fraction of sp³-hybridized carbons (Fsp3) is 0.438. The number of aryl methyl sites for hydroxylation is 1. The molecule has 0 bridgehead atoms. The summed E-state index contributed by atoms with van der Waals surface area (Å²) in [5.74, 6) is 8.13. The van der Waals surface area contributed by atoms with E-state index in [0.717, 1.165) is 36.2 Å². The molecule has 2 aliphatic carbocycles. The zero-order chi connectivity index (χ0) is 23.9. The number of hydrogen-bond acceptors (Lipinski definition) is 0. The van der Waals surface area contributed by atoms with Gasteiger partial charge in [0.05, 0.1) is 5.56 Å². The van der Waals surface area contributed by atoms with Gasteiger partial charge in [0.15, 0.2) is 0 Å². The van der Waals surface area contributed by atoms with Crippen LogP contribution in [0.1, 0.15) is 87.0 Å². The lowest BCUT2D eigenvalue weighted by Gasteiger charge is -2.41. The van der Waals surface area contributed by atoms with E-state index in [-0.39, 0.29) is 11.6 Å². The summed E-state index contributed by atoms with van der Waals surface area (Å²) in [6.07, 6.45) is 17.5. The average molecular weight is 459 g/mol. The Bertz CT molecular complexity index is 1100. The van der Waals surface area contributed by atoms with Crippen LogP contribution in [0.4, 0.5) is 8.78 Å². The smallest absolute Gasteiger partial charge is 0.139 e. The monoisotopic (exact) mass is 458 g/mol. The second-order valence-corrected chi connectivity index (χ2v) is 10.0. The molecule has 0 saturated heterocycles. The SMILES string of the molecule is C/C=C/CCc1ccc(C#Cc2ccc(C3CCC4CC(/C=C/C)CCC4C3)cc2F)cc1F. The van der Waals surface area contributed by atoms with Gasteiger partial charge in [0.25, 0.3) is 0 Å². The van der Waals surface area contributed by atoms with Crippen molar-refractivity contribution in [1.29, 1.82) is 0 Å². The lowest BCUT2D eigenvalue weighted by atomic mass is 9.64. The zero-order valence-electron chi connectivity index (χ0n) is 20.5. The van der Waals surface area contributed by atoms with Crippen LogP contribution in [0, 0.1) is 41.2 Å². The van der Waals surface area contributed by atoms with E-state index in [1.54, 1.807) is 18.2 Å². The topological polar surface area (TPSA) is 0 Å². The van der Waals surface area contributed by atoms with Crippen LogP contribution in [0.3, 0.4) is 0 Å². The first kappa shape index (κ1) is 24.5. The van der Waals surface area contributed by atoms with Crippen molar-refractivity contribution in [1.82, 2.24) is 0 Å². The van der Waals surface area contributed by atoms with Gasteiger partial charge < -0.3 is 0 Å². The van der Waals surface area contributed by atoms with Crippen molar-refractivity contribution < 1.29 is 8.78 Å². The van der Waals surface area contributed by atoms with E-state index in [1.807, 2.05) is 25.1 Å². The molecule has 2 saturated carbocycles. The molecule has 0 aromatic heterocycles. The Morgan fingerprint density at radius 1 is 0.853 bits per heavy atom. The Hall–Kier alpha value is -2.66.